The molecule has 4 nitrogen and oxygen atoms in total. The van der Waals surface area contributed by atoms with Gasteiger partial charge in [-0.2, -0.15) is 0 Å². The van der Waals surface area contributed by atoms with Crippen LogP contribution in [-0.4, -0.2) is 23.1 Å². The number of thiophene rings is 1. The lowest BCUT2D eigenvalue weighted by molar-refractivity contribution is 0.0601. The predicted octanol–water partition coefficient (Wildman–Crippen LogP) is 5.81. The highest BCUT2D eigenvalue weighted by Gasteiger charge is 2.27. The van der Waals surface area contributed by atoms with Crippen molar-refractivity contribution in [3.05, 3.63) is 87.8 Å². The number of methoxy groups -OCH3 is 1. The Hall–Kier alpha value is -2.70. The second-order valence-electron chi connectivity index (χ2n) is 7.66. The number of ether oxygens (including phenoxy) is 1. The van der Waals surface area contributed by atoms with Crippen LogP contribution in [0.4, 0.5) is 5.00 Å². The maximum Gasteiger partial charge on any atom is 0.341 e. The Bertz CT molecular complexity index is 1010. The van der Waals surface area contributed by atoms with E-state index in [9.17, 15) is 4.79 Å². The summed E-state index contributed by atoms with van der Waals surface area (Å²) in [5.41, 5.74) is 4.15. The normalized spacial score (nSPS) is 12.7. The van der Waals surface area contributed by atoms with Crippen LogP contribution >= 0.6 is 23.6 Å². The molecule has 1 N–H and O–H groups in total. The predicted molar refractivity (Wildman–Crippen MR) is 131 cm³/mol. The molecule has 3 aromatic rings. The number of thiocarbonyl (C=S) groups is 1. The van der Waals surface area contributed by atoms with Gasteiger partial charge < -0.3 is 15.0 Å². The third-order valence-electron chi connectivity index (χ3n) is 5.50. The van der Waals surface area contributed by atoms with E-state index in [0.717, 1.165) is 36.2 Å². The van der Waals surface area contributed by atoms with Crippen molar-refractivity contribution in [3.8, 4) is 0 Å². The van der Waals surface area contributed by atoms with E-state index in [1.165, 1.54) is 23.1 Å². The van der Waals surface area contributed by atoms with Gasteiger partial charge in [0.05, 0.1) is 12.7 Å². The molecule has 1 aromatic heterocycles. The van der Waals surface area contributed by atoms with Crippen molar-refractivity contribution in [2.45, 2.75) is 38.8 Å². The van der Waals surface area contributed by atoms with Crippen molar-refractivity contribution < 1.29 is 9.53 Å². The summed E-state index contributed by atoms with van der Waals surface area (Å²) < 4.78 is 5.11. The van der Waals surface area contributed by atoms with Gasteiger partial charge >= 0.3 is 5.97 Å². The summed E-state index contributed by atoms with van der Waals surface area (Å²) in [7, 11) is 1.44. The summed E-state index contributed by atoms with van der Waals surface area (Å²) in [6, 6.07) is 20.6. The molecular formula is C25H26N2O2S2. The lowest BCUT2D eigenvalue weighted by Crippen LogP contribution is -2.34. The quantitative estimate of drug-likeness (QED) is 0.379. The van der Waals surface area contributed by atoms with E-state index in [0.29, 0.717) is 23.8 Å². The first-order valence-electron chi connectivity index (χ1n) is 10.5. The number of aryl methyl sites for hydroxylation is 1. The SMILES string of the molecule is COC(=O)c1c(NC(=S)N(Cc2ccccc2)Cc2ccccc2)sc2c1CCCC2. The van der Waals surface area contributed by atoms with Gasteiger partial charge in [-0.25, -0.2) is 4.79 Å². The van der Waals surface area contributed by atoms with Crippen LogP contribution in [-0.2, 0) is 30.7 Å². The first kappa shape index (κ1) is 21.5. The minimum atomic E-state index is -0.289. The number of fused-ring (bicyclic) bond motifs is 1. The molecule has 160 valence electrons. The van der Waals surface area contributed by atoms with Crippen molar-refractivity contribution in [2.75, 3.05) is 12.4 Å². The van der Waals surface area contributed by atoms with Crippen LogP contribution in [0.3, 0.4) is 0 Å². The Labute approximate surface area is 192 Å². The van der Waals surface area contributed by atoms with Gasteiger partial charge in [0, 0.05) is 18.0 Å². The van der Waals surface area contributed by atoms with Gasteiger partial charge in [-0.1, -0.05) is 60.7 Å². The highest BCUT2D eigenvalue weighted by atomic mass is 32.1. The van der Waals surface area contributed by atoms with Crippen molar-refractivity contribution in [1.29, 1.82) is 0 Å². The molecule has 0 bridgehead atoms. The molecule has 6 heteroatoms. The fourth-order valence-corrected chi connectivity index (χ4v) is 5.53. The Kier molecular flexibility index (Phi) is 6.99. The van der Waals surface area contributed by atoms with Crippen molar-refractivity contribution >= 4 is 39.6 Å². The van der Waals surface area contributed by atoms with E-state index in [4.69, 9.17) is 17.0 Å². The molecule has 0 saturated carbocycles. The second kappa shape index (κ2) is 10.1. The van der Waals surface area contributed by atoms with E-state index in [1.54, 1.807) is 11.3 Å². The molecule has 0 aliphatic heterocycles. The van der Waals surface area contributed by atoms with Crippen LogP contribution in [0.25, 0.3) is 0 Å². The molecule has 0 saturated heterocycles. The van der Waals surface area contributed by atoms with Gasteiger partial charge in [-0.15, -0.1) is 11.3 Å². The molecule has 0 radical (unpaired) electrons. The highest BCUT2D eigenvalue weighted by Crippen LogP contribution is 2.38. The molecule has 0 atom stereocenters. The van der Waals surface area contributed by atoms with Gasteiger partial charge in [0.25, 0.3) is 0 Å². The Balaban J connectivity index is 1.61. The number of esters is 1. The molecule has 4 rings (SSSR count). The Morgan fingerprint density at radius 3 is 2.16 bits per heavy atom. The zero-order valence-corrected chi connectivity index (χ0v) is 19.2. The van der Waals surface area contributed by atoms with Crippen molar-refractivity contribution in [3.63, 3.8) is 0 Å². The largest absolute Gasteiger partial charge is 0.465 e. The average molecular weight is 451 g/mol. The highest BCUT2D eigenvalue weighted by molar-refractivity contribution is 7.80. The van der Waals surface area contributed by atoms with Crippen LogP contribution in [0.1, 0.15) is 44.8 Å². The van der Waals surface area contributed by atoms with Crippen molar-refractivity contribution in [1.82, 2.24) is 4.90 Å². The third kappa shape index (κ3) is 5.14. The molecule has 1 aliphatic carbocycles. The summed E-state index contributed by atoms with van der Waals surface area (Å²) in [5, 5.41) is 4.81. The van der Waals surface area contributed by atoms with Crippen LogP contribution < -0.4 is 5.32 Å². The van der Waals surface area contributed by atoms with Crippen LogP contribution in [0.5, 0.6) is 0 Å². The van der Waals surface area contributed by atoms with E-state index in [-0.39, 0.29) is 5.97 Å². The summed E-state index contributed by atoms with van der Waals surface area (Å²) in [6.07, 6.45) is 4.19. The molecule has 1 heterocycles. The van der Waals surface area contributed by atoms with Crippen LogP contribution in [0.15, 0.2) is 60.7 Å². The smallest absolute Gasteiger partial charge is 0.341 e. The molecule has 2 aromatic carbocycles. The van der Waals surface area contributed by atoms with E-state index in [2.05, 4.69) is 34.5 Å². The standard InChI is InChI=1S/C25H26N2O2S2/c1-29-24(28)22-20-14-8-9-15-21(20)31-23(22)26-25(30)27(16-18-10-4-2-5-11-18)17-19-12-6-3-7-13-19/h2-7,10-13H,8-9,14-17H2,1H3,(H,26,30). The summed E-state index contributed by atoms with van der Waals surface area (Å²) in [6.45, 7) is 1.36. The van der Waals surface area contributed by atoms with E-state index < -0.39 is 0 Å². The molecule has 0 amide bonds. The molecular weight excluding hydrogens is 424 g/mol. The van der Waals surface area contributed by atoms with Crippen molar-refractivity contribution in [2.24, 2.45) is 0 Å². The lowest BCUT2D eigenvalue weighted by atomic mass is 9.95. The van der Waals surface area contributed by atoms with Gasteiger partial charge in [0.1, 0.15) is 5.00 Å². The number of nitrogens with zero attached hydrogens (tertiary/aromatic N) is 1. The first-order chi connectivity index (χ1) is 15.2. The number of hydrogen-bond donors (Lipinski definition) is 1. The lowest BCUT2D eigenvalue weighted by Gasteiger charge is -2.26. The van der Waals surface area contributed by atoms with Crippen LogP contribution in [0, 0.1) is 0 Å². The number of carbonyl (C=O) groups excluding carboxylic acids is 1. The number of carbonyl (C=O) groups is 1. The monoisotopic (exact) mass is 450 g/mol. The van der Waals surface area contributed by atoms with Gasteiger partial charge in [0.2, 0.25) is 0 Å². The zero-order valence-electron chi connectivity index (χ0n) is 17.6. The summed E-state index contributed by atoms with van der Waals surface area (Å²) in [4.78, 5) is 16.0. The number of benzene rings is 2. The molecule has 0 unspecified atom stereocenters. The Morgan fingerprint density at radius 1 is 1.00 bits per heavy atom. The van der Waals surface area contributed by atoms with E-state index in [1.807, 2.05) is 36.4 Å². The summed E-state index contributed by atoms with van der Waals surface area (Å²) in [5.74, 6) is -0.289. The fourth-order valence-electron chi connectivity index (χ4n) is 3.96. The minimum Gasteiger partial charge on any atom is -0.465 e. The average Bonchev–Trinajstić information content (AvgIpc) is 3.17. The first-order valence-corrected chi connectivity index (χ1v) is 11.7. The summed E-state index contributed by atoms with van der Waals surface area (Å²) >= 11 is 7.49. The Morgan fingerprint density at radius 2 is 1.58 bits per heavy atom. The number of rotatable bonds is 6. The number of anilines is 1. The maximum atomic E-state index is 12.6. The molecule has 0 fully saturated rings. The van der Waals surface area contributed by atoms with Gasteiger partial charge in [-0.3, -0.25) is 0 Å². The number of nitrogens with one attached hydrogen (secondary N) is 1. The van der Waals surface area contributed by atoms with Crippen LogP contribution in [0.2, 0.25) is 0 Å². The molecule has 31 heavy (non-hydrogen) atoms. The minimum absolute atomic E-state index is 0.289. The maximum absolute atomic E-state index is 12.6. The fraction of sp³-hybridized carbons (Fsp3) is 0.280. The van der Waals surface area contributed by atoms with E-state index >= 15 is 0 Å². The molecule has 0 spiro atoms. The van der Waals surface area contributed by atoms with Gasteiger partial charge in [0.15, 0.2) is 5.11 Å². The third-order valence-corrected chi connectivity index (χ3v) is 7.07. The number of hydrogen-bond acceptors (Lipinski definition) is 4. The molecule has 1 aliphatic rings. The van der Waals surface area contributed by atoms with Gasteiger partial charge in [-0.05, 0) is 54.6 Å². The zero-order chi connectivity index (χ0) is 21.6. The topological polar surface area (TPSA) is 41.6 Å². The second-order valence-corrected chi connectivity index (χ2v) is 9.16.